The molecule has 0 bridgehead atoms. The molecule has 0 radical (unpaired) electrons. The van der Waals surface area contributed by atoms with Gasteiger partial charge in [-0.05, 0) is 19.1 Å². The second-order valence-corrected chi connectivity index (χ2v) is 6.20. The molecule has 0 atom stereocenters. The maximum atomic E-state index is 12.1. The number of thiazole rings is 1. The van der Waals surface area contributed by atoms with Gasteiger partial charge in [-0.15, -0.1) is 11.3 Å². The van der Waals surface area contributed by atoms with Crippen molar-refractivity contribution >= 4 is 39.9 Å². The monoisotopic (exact) mass is 289 g/mol. The number of para-hydroxylation sites is 1. The number of rotatable bonds is 4. The minimum absolute atomic E-state index is 0.00551. The Labute approximate surface area is 118 Å². The smallest absolute Gasteiger partial charge is 0.208 e. The van der Waals surface area contributed by atoms with Crippen LogP contribution in [-0.2, 0) is 0 Å². The van der Waals surface area contributed by atoms with Crippen LogP contribution in [-0.4, -0.2) is 16.5 Å². The predicted octanol–water partition coefficient (Wildman–Crippen LogP) is 4.17. The number of aromatic nitrogens is 1. The maximum absolute atomic E-state index is 12.1. The summed E-state index contributed by atoms with van der Waals surface area (Å²) in [7, 11) is 0. The number of furan rings is 1. The van der Waals surface area contributed by atoms with Crippen molar-refractivity contribution in [1.29, 1.82) is 0 Å². The zero-order valence-corrected chi connectivity index (χ0v) is 11.9. The Morgan fingerprint density at radius 1 is 1.42 bits per heavy atom. The maximum Gasteiger partial charge on any atom is 0.208 e. The second-order valence-electron chi connectivity index (χ2n) is 4.12. The molecular weight excluding hydrogens is 278 g/mol. The van der Waals surface area contributed by atoms with Crippen LogP contribution in [0.25, 0.3) is 11.0 Å². The van der Waals surface area contributed by atoms with Gasteiger partial charge in [0.1, 0.15) is 5.58 Å². The standard InChI is InChI=1S/C14H11NO2S2/c1-9-7-18-14(15-9)19-8-11(16)13-6-10-4-2-3-5-12(10)17-13/h2-7H,8H2,1H3. The third kappa shape index (κ3) is 2.72. The number of hydrogen-bond acceptors (Lipinski definition) is 5. The van der Waals surface area contributed by atoms with Crippen LogP contribution >= 0.6 is 23.1 Å². The van der Waals surface area contributed by atoms with Gasteiger partial charge in [-0.25, -0.2) is 4.98 Å². The Bertz CT molecular complexity index is 697. The number of benzene rings is 1. The molecule has 19 heavy (non-hydrogen) atoms. The number of carbonyl (C=O) groups excluding carboxylic acids is 1. The molecule has 0 amide bonds. The summed E-state index contributed by atoms with van der Waals surface area (Å²) in [6, 6.07) is 9.42. The molecule has 1 aromatic carbocycles. The largest absolute Gasteiger partial charge is 0.453 e. The summed E-state index contributed by atoms with van der Waals surface area (Å²) in [6.07, 6.45) is 0. The number of fused-ring (bicyclic) bond motifs is 1. The van der Waals surface area contributed by atoms with Crippen LogP contribution in [0.2, 0.25) is 0 Å². The van der Waals surface area contributed by atoms with Gasteiger partial charge in [-0.2, -0.15) is 0 Å². The minimum atomic E-state index is -0.00551. The van der Waals surface area contributed by atoms with E-state index in [2.05, 4.69) is 4.98 Å². The minimum Gasteiger partial charge on any atom is -0.453 e. The number of ketones is 1. The van der Waals surface area contributed by atoms with Crippen molar-refractivity contribution in [3.8, 4) is 0 Å². The SMILES string of the molecule is Cc1csc(SCC(=O)c2cc3ccccc3o2)n1. The van der Waals surface area contributed by atoms with Crippen LogP contribution in [0.4, 0.5) is 0 Å². The molecule has 0 saturated heterocycles. The van der Waals surface area contributed by atoms with Crippen molar-refractivity contribution in [1.82, 2.24) is 4.98 Å². The highest BCUT2D eigenvalue weighted by Crippen LogP contribution is 2.25. The van der Waals surface area contributed by atoms with Gasteiger partial charge >= 0.3 is 0 Å². The van der Waals surface area contributed by atoms with Crippen LogP contribution in [0.3, 0.4) is 0 Å². The van der Waals surface area contributed by atoms with Gasteiger partial charge in [0.2, 0.25) is 5.78 Å². The average Bonchev–Trinajstić information content (AvgIpc) is 3.01. The number of carbonyl (C=O) groups is 1. The van der Waals surface area contributed by atoms with Gasteiger partial charge in [0.25, 0.3) is 0 Å². The zero-order valence-electron chi connectivity index (χ0n) is 10.3. The summed E-state index contributed by atoms with van der Waals surface area (Å²) >= 11 is 3.01. The van der Waals surface area contributed by atoms with Crippen LogP contribution in [0.5, 0.6) is 0 Å². The molecule has 2 aromatic heterocycles. The molecular formula is C14H11NO2S2. The molecule has 0 unspecified atom stereocenters. The van der Waals surface area contributed by atoms with Gasteiger partial charge in [-0.3, -0.25) is 4.79 Å². The third-order valence-corrected chi connectivity index (χ3v) is 4.76. The third-order valence-electron chi connectivity index (χ3n) is 2.63. The van der Waals surface area contributed by atoms with Crippen molar-refractivity contribution in [2.24, 2.45) is 0 Å². The van der Waals surface area contributed by atoms with E-state index in [1.54, 1.807) is 17.4 Å². The molecule has 0 aliphatic heterocycles. The zero-order chi connectivity index (χ0) is 13.2. The summed E-state index contributed by atoms with van der Waals surface area (Å²) in [6.45, 7) is 1.95. The van der Waals surface area contributed by atoms with Gasteiger partial charge < -0.3 is 4.42 Å². The lowest BCUT2D eigenvalue weighted by molar-refractivity contribution is 0.0994. The van der Waals surface area contributed by atoms with Gasteiger partial charge in [0.05, 0.1) is 5.75 Å². The van der Waals surface area contributed by atoms with E-state index in [1.165, 1.54) is 11.8 Å². The van der Waals surface area contributed by atoms with Crippen LogP contribution in [0.1, 0.15) is 16.2 Å². The van der Waals surface area contributed by atoms with Gasteiger partial charge in [-0.1, -0.05) is 30.0 Å². The van der Waals surface area contributed by atoms with Gasteiger partial charge in [0.15, 0.2) is 10.1 Å². The predicted molar refractivity (Wildman–Crippen MR) is 78.1 cm³/mol. The number of hydrogen-bond donors (Lipinski definition) is 0. The lowest BCUT2D eigenvalue weighted by atomic mass is 10.2. The highest BCUT2D eigenvalue weighted by molar-refractivity contribution is 8.01. The van der Waals surface area contributed by atoms with E-state index in [0.717, 1.165) is 21.0 Å². The van der Waals surface area contributed by atoms with Crippen molar-refractivity contribution in [2.75, 3.05) is 5.75 Å². The van der Waals surface area contributed by atoms with Crippen LogP contribution < -0.4 is 0 Å². The Kier molecular flexibility index (Phi) is 3.40. The van der Waals surface area contributed by atoms with Gasteiger partial charge in [0, 0.05) is 16.5 Å². The molecule has 96 valence electrons. The Balaban J connectivity index is 1.73. The van der Waals surface area contributed by atoms with E-state index in [1.807, 2.05) is 36.6 Å². The second kappa shape index (κ2) is 5.19. The van der Waals surface area contributed by atoms with Crippen LogP contribution in [0, 0.1) is 6.92 Å². The fourth-order valence-corrected chi connectivity index (χ4v) is 3.44. The molecule has 2 heterocycles. The van der Waals surface area contributed by atoms with Crippen LogP contribution in [0.15, 0.2) is 44.5 Å². The molecule has 3 nitrogen and oxygen atoms in total. The lowest BCUT2D eigenvalue weighted by Crippen LogP contribution is -2.00. The molecule has 0 N–H and O–H groups in total. The highest BCUT2D eigenvalue weighted by Gasteiger charge is 2.13. The molecule has 5 heteroatoms. The average molecular weight is 289 g/mol. The van der Waals surface area contributed by atoms with E-state index in [4.69, 9.17) is 4.42 Å². The summed E-state index contributed by atoms with van der Waals surface area (Å²) in [4.78, 5) is 16.4. The van der Waals surface area contributed by atoms with Crippen molar-refractivity contribution in [3.05, 3.63) is 47.2 Å². The molecule has 3 aromatic rings. The molecule has 0 aliphatic carbocycles. The summed E-state index contributed by atoms with van der Waals surface area (Å²) in [5.41, 5.74) is 1.74. The first-order valence-electron chi connectivity index (χ1n) is 5.79. The van der Waals surface area contributed by atoms with E-state index in [-0.39, 0.29) is 5.78 Å². The summed E-state index contributed by atoms with van der Waals surface area (Å²) < 4.78 is 6.46. The number of Topliss-reactive ketones (excluding diaryl/α,β-unsaturated/α-hetero) is 1. The van der Waals surface area contributed by atoms with Crippen molar-refractivity contribution in [2.45, 2.75) is 11.3 Å². The van der Waals surface area contributed by atoms with E-state index in [9.17, 15) is 4.79 Å². The number of thioether (sulfide) groups is 1. The Morgan fingerprint density at radius 2 is 2.26 bits per heavy atom. The first-order chi connectivity index (χ1) is 9.22. The molecule has 0 saturated carbocycles. The number of nitrogens with zero attached hydrogens (tertiary/aromatic N) is 1. The molecule has 0 fully saturated rings. The first-order valence-corrected chi connectivity index (χ1v) is 7.65. The normalized spacial score (nSPS) is 11.0. The topological polar surface area (TPSA) is 43.1 Å². The molecule has 0 aliphatic rings. The summed E-state index contributed by atoms with van der Waals surface area (Å²) in [5, 5.41) is 2.94. The number of aryl methyl sites for hydroxylation is 1. The quantitative estimate of drug-likeness (QED) is 0.534. The highest BCUT2D eigenvalue weighted by atomic mass is 32.2. The molecule has 0 spiro atoms. The lowest BCUT2D eigenvalue weighted by Gasteiger charge is -1.94. The fourth-order valence-electron chi connectivity index (χ4n) is 1.72. The van der Waals surface area contributed by atoms with E-state index in [0.29, 0.717) is 11.5 Å². The van der Waals surface area contributed by atoms with E-state index >= 15 is 0 Å². The first kappa shape index (κ1) is 12.4. The van der Waals surface area contributed by atoms with E-state index < -0.39 is 0 Å². The van der Waals surface area contributed by atoms with Crippen molar-refractivity contribution < 1.29 is 9.21 Å². The Hall–Kier alpha value is -1.59. The summed E-state index contributed by atoms with van der Waals surface area (Å²) in [5.74, 6) is 0.767. The fraction of sp³-hybridized carbons (Fsp3) is 0.143. The Morgan fingerprint density at radius 3 is 3.00 bits per heavy atom. The van der Waals surface area contributed by atoms with Crippen molar-refractivity contribution in [3.63, 3.8) is 0 Å². The molecule has 3 rings (SSSR count).